The van der Waals surface area contributed by atoms with Crippen LogP contribution < -0.4 is 0 Å². The topological polar surface area (TPSA) is 99.3 Å². The van der Waals surface area contributed by atoms with E-state index in [1.54, 1.807) is 36.4 Å². The number of phenolic OH excluding ortho intramolecular Hbond substituents is 2. The molecular weight excluding hydrogens is 332 g/mol. The molecule has 6 heteroatoms. The molecule has 0 aromatic heterocycles. The van der Waals surface area contributed by atoms with Gasteiger partial charge in [-0.15, -0.1) is 9.81 Å². The molecule has 26 heavy (non-hydrogen) atoms. The van der Waals surface area contributed by atoms with E-state index >= 15 is 0 Å². The molecule has 0 atom stereocenters. The molecule has 4 aromatic rings. The van der Waals surface area contributed by atoms with Crippen LogP contribution >= 0.6 is 0 Å². The first-order chi connectivity index (χ1) is 12.7. The van der Waals surface area contributed by atoms with Crippen LogP contribution in [-0.2, 0) is 0 Å². The lowest BCUT2D eigenvalue weighted by Gasteiger charge is -2.00. The summed E-state index contributed by atoms with van der Waals surface area (Å²) in [6, 6.07) is 21.1. The lowest BCUT2D eigenvalue weighted by molar-refractivity contribution is 0.477. The van der Waals surface area contributed by atoms with E-state index in [0.29, 0.717) is 10.8 Å². The number of rotatable bonds is 2. The van der Waals surface area contributed by atoms with Crippen molar-refractivity contribution < 1.29 is 10.2 Å². The van der Waals surface area contributed by atoms with E-state index in [9.17, 15) is 20.0 Å². The highest BCUT2D eigenvalue weighted by atomic mass is 16.3. The maximum Gasteiger partial charge on any atom is 0.157 e. The monoisotopic (exact) mass is 346 g/mol. The zero-order chi connectivity index (χ0) is 18.5. The zero-order valence-corrected chi connectivity index (χ0v) is 13.5. The van der Waals surface area contributed by atoms with Crippen molar-refractivity contribution in [3.63, 3.8) is 0 Å². The molecular formula is C20H14N2O4. The van der Waals surface area contributed by atoms with Crippen LogP contribution in [0.3, 0.4) is 0 Å². The third-order valence-electron chi connectivity index (χ3n) is 3.95. The zero-order valence-electron chi connectivity index (χ0n) is 13.5. The van der Waals surface area contributed by atoms with Crippen molar-refractivity contribution in [3.8, 4) is 11.5 Å². The predicted molar refractivity (Wildman–Crippen MR) is 102 cm³/mol. The first-order valence-electron chi connectivity index (χ1n) is 7.74. The van der Waals surface area contributed by atoms with Gasteiger partial charge in [0.15, 0.2) is 11.4 Å². The predicted octanol–water partition coefficient (Wildman–Crippen LogP) is 5.89. The fourth-order valence-corrected chi connectivity index (χ4v) is 2.66. The quantitative estimate of drug-likeness (QED) is 0.442. The van der Waals surface area contributed by atoms with Crippen molar-refractivity contribution in [2.45, 2.75) is 0 Å². The molecule has 0 saturated heterocycles. The van der Waals surface area contributed by atoms with Crippen molar-refractivity contribution in [3.05, 3.63) is 82.6 Å². The van der Waals surface area contributed by atoms with Gasteiger partial charge >= 0.3 is 0 Å². The molecule has 0 saturated carbocycles. The summed E-state index contributed by atoms with van der Waals surface area (Å²) in [5, 5.41) is 27.5. The van der Waals surface area contributed by atoms with Gasteiger partial charge in [-0.3, -0.25) is 0 Å². The first kappa shape index (κ1) is 17.0. The average molecular weight is 346 g/mol. The second-order valence-corrected chi connectivity index (χ2v) is 5.49. The number of aromatic hydroxyl groups is 2. The van der Waals surface area contributed by atoms with Gasteiger partial charge in [-0.25, -0.2) is 0 Å². The molecule has 0 amide bonds. The fourth-order valence-electron chi connectivity index (χ4n) is 2.66. The van der Waals surface area contributed by atoms with Crippen LogP contribution in [0.2, 0.25) is 0 Å². The molecule has 6 nitrogen and oxygen atoms in total. The number of hydrogen-bond donors (Lipinski definition) is 2. The number of phenols is 2. The van der Waals surface area contributed by atoms with Gasteiger partial charge in [-0.05, 0) is 33.3 Å². The number of hydrogen-bond acceptors (Lipinski definition) is 6. The van der Waals surface area contributed by atoms with Crippen LogP contribution in [0.1, 0.15) is 0 Å². The Balaban J connectivity index is 0.000000151. The molecule has 0 radical (unpaired) electrons. The van der Waals surface area contributed by atoms with E-state index in [0.717, 1.165) is 10.8 Å². The Morgan fingerprint density at radius 1 is 0.615 bits per heavy atom. The Morgan fingerprint density at radius 2 is 1.19 bits per heavy atom. The maximum absolute atomic E-state index is 10.4. The van der Waals surface area contributed by atoms with E-state index in [4.69, 9.17) is 0 Å². The van der Waals surface area contributed by atoms with Crippen molar-refractivity contribution >= 4 is 32.9 Å². The highest BCUT2D eigenvalue weighted by Crippen LogP contribution is 2.35. The summed E-state index contributed by atoms with van der Waals surface area (Å²) in [5.74, 6) is -0.123. The van der Waals surface area contributed by atoms with Gasteiger partial charge in [0.1, 0.15) is 11.4 Å². The van der Waals surface area contributed by atoms with E-state index in [-0.39, 0.29) is 22.9 Å². The normalized spacial score (nSPS) is 10.2. The van der Waals surface area contributed by atoms with Gasteiger partial charge in [0.25, 0.3) is 0 Å². The summed E-state index contributed by atoms with van der Waals surface area (Å²) >= 11 is 0. The lowest BCUT2D eigenvalue weighted by atomic mass is 10.1. The Kier molecular flexibility index (Phi) is 4.85. The van der Waals surface area contributed by atoms with Gasteiger partial charge in [-0.2, -0.15) is 0 Å². The molecule has 0 heterocycles. The molecule has 0 bridgehead atoms. The van der Waals surface area contributed by atoms with Gasteiger partial charge in [0, 0.05) is 10.8 Å². The summed E-state index contributed by atoms with van der Waals surface area (Å²) < 4.78 is 0. The minimum absolute atomic E-state index is 0.0481. The number of nitroso groups, excluding NO2 is 2. The maximum atomic E-state index is 10.4. The average Bonchev–Trinajstić information content (AvgIpc) is 2.69. The molecule has 0 spiro atoms. The number of benzene rings is 4. The minimum Gasteiger partial charge on any atom is -0.506 e. The van der Waals surface area contributed by atoms with Gasteiger partial charge in [-0.1, -0.05) is 60.7 Å². The Morgan fingerprint density at radius 3 is 1.85 bits per heavy atom. The smallest absolute Gasteiger partial charge is 0.157 e. The summed E-state index contributed by atoms with van der Waals surface area (Å²) in [6.07, 6.45) is 0. The van der Waals surface area contributed by atoms with Crippen molar-refractivity contribution in [2.24, 2.45) is 10.4 Å². The Bertz CT molecular complexity index is 1110. The van der Waals surface area contributed by atoms with Crippen molar-refractivity contribution in [1.82, 2.24) is 0 Å². The van der Waals surface area contributed by atoms with Gasteiger partial charge in [0.05, 0.1) is 0 Å². The molecule has 4 aromatic carbocycles. The third-order valence-corrected chi connectivity index (χ3v) is 3.95. The van der Waals surface area contributed by atoms with Gasteiger partial charge in [0.2, 0.25) is 0 Å². The minimum atomic E-state index is -0.0753. The van der Waals surface area contributed by atoms with Crippen LogP contribution in [0.25, 0.3) is 21.5 Å². The standard InChI is InChI=1S/2C10H7NO2/c12-9-6-5-7-3-1-2-4-8(7)10(9)11-13;12-10-8-4-2-1-3-7(8)5-6-9(10)11-13/h2*1-6,12H. The third kappa shape index (κ3) is 3.21. The van der Waals surface area contributed by atoms with E-state index in [1.165, 1.54) is 12.1 Å². The molecule has 4 rings (SSSR count). The van der Waals surface area contributed by atoms with Gasteiger partial charge < -0.3 is 10.2 Å². The summed E-state index contributed by atoms with van der Waals surface area (Å²) in [5.41, 5.74) is 0.191. The highest BCUT2D eigenvalue weighted by Gasteiger charge is 2.06. The highest BCUT2D eigenvalue weighted by molar-refractivity contribution is 5.95. The number of nitrogens with zero attached hydrogens (tertiary/aromatic N) is 2. The summed E-state index contributed by atoms with van der Waals surface area (Å²) in [7, 11) is 0. The lowest BCUT2D eigenvalue weighted by Crippen LogP contribution is -1.73. The molecule has 0 aliphatic heterocycles. The van der Waals surface area contributed by atoms with Crippen LogP contribution in [0.15, 0.2) is 83.2 Å². The molecule has 0 aliphatic rings. The molecule has 2 N–H and O–H groups in total. The molecule has 128 valence electrons. The Hall–Kier alpha value is -3.80. The first-order valence-corrected chi connectivity index (χ1v) is 7.74. The fraction of sp³-hybridized carbons (Fsp3) is 0. The molecule has 0 unspecified atom stereocenters. The van der Waals surface area contributed by atoms with E-state index < -0.39 is 0 Å². The van der Waals surface area contributed by atoms with E-state index in [1.807, 2.05) is 24.3 Å². The van der Waals surface area contributed by atoms with Crippen LogP contribution in [0, 0.1) is 9.81 Å². The van der Waals surface area contributed by atoms with Crippen LogP contribution in [-0.4, -0.2) is 10.2 Å². The van der Waals surface area contributed by atoms with Crippen molar-refractivity contribution in [1.29, 1.82) is 0 Å². The van der Waals surface area contributed by atoms with Crippen molar-refractivity contribution in [2.75, 3.05) is 0 Å². The largest absolute Gasteiger partial charge is 0.506 e. The van der Waals surface area contributed by atoms with Crippen LogP contribution in [0.5, 0.6) is 11.5 Å². The second-order valence-electron chi connectivity index (χ2n) is 5.49. The summed E-state index contributed by atoms with van der Waals surface area (Å²) in [6.45, 7) is 0. The SMILES string of the molecule is O=Nc1c(O)ccc2ccccc12.O=Nc1ccc2ccccc2c1O. The second kappa shape index (κ2) is 7.40. The molecule has 0 fully saturated rings. The van der Waals surface area contributed by atoms with E-state index in [2.05, 4.69) is 10.4 Å². The number of fused-ring (bicyclic) bond motifs is 2. The molecule has 0 aliphatic carbocycles. The summed E-state index contributed by atoms with van der Waals surface area (Å²) in [4.78, 5) is 20.7. The Labute approximate surface area is 148 Å². The van der Waals surface area contributed by atoms with Crippen LogP contribution in [0.4, 0.5) is 11.4 Å².